The average molecular weight is 343 g/mol. The molecule has 0 aromatic heterocycles. The number of nitrogens with one attached hydrogen (secondary N) is 1. The number of nitrogens with zero attached hydrogens (tertiary/aromatic N) is 1. The first-order valence-corrected chi connectivity index (χ1v) is 8.17. The Balaban J connectivity index is 2.63. The van der Waals surface area contributed by atoms with Gasteiger partial charge in [-0.3, -0.25) is 0 Å². The van der Waals surface area contributed by atoms with Gasteiger partial charge in [0.15, 0.2) is 0 Å². The lowest BCUT2D eigenvalue weighted by Crippen LogP contribution is -2.23. The maximum Gasteiger partial charge on any atom is 0.0587 e. The molecule has 1 aromatic rings. The summed E-state index contributed by atoms with van der Waals surface area (Å²) in [5.74, 6) is 0. The lowest BCUT2D eigenvalue weighted by Gasteiger charge is -2.23. The molecule has 0 aliphatic carbocycles. The number of methoxy groups -OCH3 is 1. The molecular weight excluding hydrogens is 316 g/mol. The molecule has 0 aliphatic rings. The summed E-state index contributed by atoms with van der Waals surface area (Å²) < 4.78 is 6.20. The topological polar surface area (TPSA) is 24.5 Å². The first-order valence-electron chi connectivity index (χ1n) is 7.38. The fourth-order valence-electron chi connectivity index (χ4n) is 2.16. The number of benzene rings is 1. The number of unbranched alkanes of at least 4 members (excludes halogenated alkanes) is 2. The molecule has 1 aromatic carbocycles. The summed E-state index contributed by atoms with van der Waals surface area (Å²) in [5, 5.41) is 3.42. The lowest BCUT2D eigenvalue weighted by atomic mass is 10.1. The maximum atomic E-state index is 5.06. The Morgan fingerprint density at radius 3 is 2.80 bits per heavy atom. The Bertz CT molecular complexity index is 385. The van der Waals surface area contributed by atoms with Gasteiger partial charge in [-0.25, -0.2) is 0 Å². The van der Waals surface area contributed by atoms with Crippen LogP contribution in [0, 0.1) is 0 Å². The molecule has 3 nitrogen and oxygen atoms in total. The average Bonchev–Trinajstić information content (AvgIpc) is 2.45. The van der Waals surface area contributed by atoms with Crippen molar-refractivity contribution in [3.8, 4) is 0 Å². The van der Waals surface area contributed by atoms with Gasteiger partial charge in [-0.15, -0.1) is 0 Å². The van der Waals surface area contributed by atoms with E-state index in [2.05, 4.69) is 58.3 Å². The zero-order chi connectivity index (χ0) is 14.8. The van der Waals surface area contributed by atoms with Crippen LogP contribution in [-0.2, 0) is 11.3 Å². The quantitative estimate of drug-likeness (QED) is 0.654. The van der Waals surface area contributed by atoms with E-state index in [4.69, 9.17) is 4.74 Å². The lowest BCUT2D eigenvalue weighted by molar-refractivity contribution is 0.199. The van der Waals surface area contributed by atoms with Crippen LogP contribution in [0.2, 0.25) is 0 Å². The molecule has 1 N–H and O–H groups in total. The van der Waals surface area contributed by atoms with Crippen LogP contribution >= 0.6 is 15.9 Å². The molecule has 0 saturated carbocycles. The molecule has 0 unspecified atom stereocenters. The van der Waals surface area contributed by atoms with Crippen molar-refractivity contribution in [2.24, 2.45) is 0 Å². The van der Waals surface area contributed by atoms with Crippen LogP contribution < -0.4 is 10.2 Å². The van der Waals surface area contributed by atoms with Crippen molar-refractivity contribution in [1.82, 2.24) is 5.32 Å². The third-order valence-electron chi connectivity index (χ3n) is 3.35. The molecule has 0 radical (unpaired) electrons. The van der Waals surface area contributed by atoms with Crippen molar-refractivity contribution in [3.05, 3.63) is 28.2 Å². The van der Waals surface area contributed by atoms with Crippen molar-refractivity contribution in [1.29, 1.82) is 0 Å². The van der Waals surface area contributed by atoms with Crippen molar-refractivity contribution < 1.29 is 4.74 Å². The normalized spacial score (nSPS) is 10.8. The van der Waals surface area contributed by atoms with Gasteiger partial charge in [0.25, 0.3) is 0 Å². The van der Waals surface area contributed by atoms with Gasteiger partial charge in [0.1, 0.15) is 0 Å². The summed E-state index contributed by atoms with van der Waals surface area (Å²) in [4.78, 5) is 2.35. The van der Waals surface area contributed by atoms with E-state index in [1.807, 2.05) is 0 Å². The molecule has 0 spiro atoms. The fraction of sp³-hybridized carbons (Fsp3) is 0.625. The Morgan fingerprint density at radius 2 is 2.10 bits per heavy atom. The highest BCUT2D eigenvalue weighted by Crippen LogP contribution is 2.24. The Morgan fingerprint density at radius 1 is 1.30 bits per heavy atom. The van der Waals surface area contributed by atoms with Gasteiger partial charge in [0.2, 0.25) is 0 Å². The number of halogens is 1. The summed E-state index contributed by atoms with van der Waals surface area (Å²) in [6.07, 6.45) is 3.80. The highest BCUT2D eigenvalue weighted by Gasteiger charge is 2.08. The largest absolute Gasteiger partial charge is 0.383 e. The zero-order valence-electron chi connectivity index (χ0n) is 12.9. The monoisotopic (exact) mass is 342 g/mol. The van der Waals surface area contributed by atoms with Gasteiger partial charge >= 0.3 is 0 Å². The molecule has 20 heavy (non-hydrogen) atoms. The molecule has 0 amide bonds. The van der Waals surface area contributed by atoms with Crippen LogP contribution in [0.15, 0.2) is 22.7 Å². The molecule has 0 atom stereocenters. The Labute approximate surface area is 131 Å². The van der Waals surface area contributed by atoms with E-state index in [9.17, 15) is 0 Å². The number of anilines is 1. The van der Waals surface area contributed by atoms with Gasteiger partial charge in [-0.05, 0) is 24.1 Å². The van der Waals surface area contributed by atoms with Crippen LogP contribution in [0.3, 0.4) is 0 Å². The number of hydrogen-bond acceptors (Lipinski definition) is 3. The molecular formula is C16H27BrN2O. The van der Waals surface area contributed by atoms with Gasteiger partial charge < -0.3 is 15.0 Å². The number of rotatable bonds is 10. The minimum Gasteiger partial charge on any atom is -0.383 e. The minimum absolute atomic E-state index is 0.748. The highest BCUT2D eigenvalue weighted by atomic mass is 79.9. The number of ether oxygens (including phenoxy) is 1. The van der Waals surface area contributed by atoms with Crippen LogP contribution in [-0.4, -0.2) is 33.9 Å². The van der Waals surface area contributed by atoms with E-state index in [-0.39, 0.29) is 0 Å². The first kappa shape index (κ1) is 17.5. The third-order valence-corrected chi connectivity index (χ3v) is 3.85. The summed E-state index contributed by atoms with van der Waals surface area (Å²) in [6, 6.07) is 6.51. The van der Waals surface area contributed by atoms with Crippen LogP contribution in [0.4, 0.5) is 5.69 Å². The minimum atomic E-state index is 0.748. The van der Waals surface area contributed by atoms with E-state index < -0.39 is 0 Å². The highest BCUT2D eigenvalue weighted by molar-refractivity contribution is 9.10. The molecule has 4 heteroatoms. The summed E-state index contributed by atoms with van der Waals surface area (Å²) >= 11 is 3.57. The van der Waals surface area contributed by atoms with Crippen molar-refractivity contribution in [2.45, 2.75) is 32.7 Å². The van der Waals surface area contributed by atoms with E-state index in [1.165, 1.54) is 30.5 Å². The van der Waals surface area contributed by atoms with Crippen molar-refractivity contribution >= 4 is 21.6 Å². The fourth-order valence-corrected chi connectivity index (χ4v) is 2.51. The summed E-state index contributed by atoms with van der Waals surface area (Å²) in [6.45, 7) is 5.85. The zero-order valence-corrected chi connectivity index (χ0v) is 14.5. The second kappa shape index (κ2) is 10.2. The molecule has 0 aliphatic heterocycles. The third kappa shape index (κ3) is 6.25. The second-order valence-electron chi connectivity index (χ2n) is 5.07. The molecule has 0 fully saturated rings. The molecule has 114 valence electrons. The predicted octanol–water partition coefficient (Wildman–Crippen LogP) is 3.81. The van der Waals surface area contributed by atoms with Gasteiger partial charge in [-0.1, -0.05) is 41.8 Å². The maximum absolute atomic E-state index is 5.06. The second-order valence-corrected chi connectivity index (χ2v) is 5.99. The van der Waals surface area contributed by atoms with Crippen LogP contribution in [0.25, 0.3) is 0 Å². The predicted molar refractivity (Wildman–Crippen MR) is 90.5 cm³/mol. The Hall–Kier alpha value is -0.580. The van der Waals surface area contributed by atoms with Gasteiger partial charge in [0.05, 0.1) is 6.61 Å². The molecule has 1 rings (SSSR count). The van der Waals surface area contributed by atoms with E-state index in [0.29, 0.717) is 0 Å². The van der Waals surface area contributed by atoms with Crippen molar-refractivity contribution in [2.75, 3.05) is 38.8 Å². The van der Waals surface area contributed by atoms with Gasteiger partial charge in [0, 0.05) is 44.0 Å². The van der Waals surface area contributed by atoms with E-state index >= 15 is 0 Å². The van der Waals surface area contributed by atoms with E-state index in [0.717, 1.165) is 30.7 Å². The van der Waals surface area contributed by atoms with Gasteiger partial charge in [-0.2, -0.15) is 0 Å². The molecule has 0 bridgehead atoms. The number of hydrogen-bond donors (Lipinski definition) is 1. The SMILES string of the molecule is CCCCCN(C)c1cc(Br)ccc1CNCCOC. The Kier molecular flexibility index (Phi) is 8.90. The van der Waals surface area contributed by atoms with E-state index in [1.54, 1.807) is 7.11 Å². The summed E-state index contributed by atoms with van der Waals surface area (Å²) in [5.41, 5.74) is 2.64. The van der Waals surface area contributed by atoms with Crippen LogP contribution in [0.5, 0.6) is 0 Å². The standard InChI is InChI=1S/C16H27BrN2O/c1-4-5-6-10-19(2)16-12-15(17)8-7-14(16)13-18-9-11-20-3/h7-8,12,18H,4-6,9-11,13H2,1-3H3. The summed E-state index contributed by atoms with van der Waals surface area (Å²) in [7, 11) is 3.91. The molecule has 0 heterocycles. The van der Waals surface area contributed by atoms with Crippen LogP contribution in [0.1, 0.15) is 31.7 Å². The smallest absolute Gasteiger partial charge is 0.0587 e. The first-order chi connectivity index (χ1) is 9.69. The molecule has 0 saturated heterocycles. The van der Waals surface area contributed by atoms with Crippen molar-refractivity contribution in [3.63, 3.8) is 0 Å².